The maximum atomic E-state index is 13.8. The highest BCUT2D eigenvalue weighted by molar-refractivity contribution is 7.89. The number of hydrogen-bond acceptors (Lipinski definition) is 7. The van der Waals surface area contributed by atoms with E-state index in [4.69, 9.17) is 10.5 Å². The summed E-state index contributed by atoms with van der Waals surface area (Å²) in [6, 6.07) is 6.88. The van der Waals surface area contributed by atoms with Gasteiger partial charge in [-0.1, -0.05) is 13.8 Å². The number of sulfonamides is 1. The SMILES string of the molecule is CN(C)CCOc1ccc(C(=O)Nc2n[nH]c3c2CN(S(=O)(=O)c2cc(F)cc(F)c2)CC3(C)C)c(N)c1. The molecule has 0 unspecified atom stereocenters. The molecule has 10 nitrogen and oxygen atoms in total. The van der Waals surface area contributed by atoms with E-state index in [0.717, 1.165) is 16.4 Å². The topological polar surface area (TPSA) is 134 Å². The van der Waals surface area contributed by atoms with Crippen molar-refractivity contribution in [3.8, 4) is 5.75 Å². The van der Waals surface area contributed by atoms with E-state index in [1.165, 1.54) is 6.07 Å². The van der Waals surface area contributed by atoms with Crippen LogP contribution in [0.4, 0.5) is 20.3 Å². The number of nitrogens with two attached hydrogens (primary N) is 1. The molecule has 0 bridgehead atoms. The van der Waals surface area contributed by atoms with Crippen molar-refractivity contribution in [2.75, 3.05) is 44.8 Å². The number of H-pyrrole nitrogens is 1. The van der Waals surface area contributed by atoms with Gasteiger partial charge >= 0.3 is 0 Å². The quantitative estimate of drug-likeness (QED) is 0.369. The van der Waals surface area contributed by atoms with Crippen LogP contribution in [0.5, 0.6) is 5.75 Å². The lowest BCUT2D eigenvalue weighted by Gasteiger charge is -2.36. The molecule has 0 atom stereocenters. The summed E-state index contributed by atoms with van der Waals surface area (Å²) in [5.41, 5.74) is 6.84. The summed E-state index contributed by atoms with van der Waals surface area (Å²) < 4.78 is 60.9. The fraction of sp³-hybridized carbons (Fsp3) is 0.360. The molecule has 2 heterocycles. The minimum atomic E-state index is -4.26. The molecule has 1 aliphatic rings. The molecular formula is C25H30F2N6O4S. The maximum Gasteiger partial charge on any atom is 0.258 e. The summed E-state index contributed by atoms with van der Waals surface area (Å²) in [5.74, 6) is -1.88. The number of benzene rings is 2. The second kappa shape index (κ2) is 10.3. The number of nitrogens with one attached hydrogen (secondary N) is 2. The molecule has 4 N–H and O–H groups in total. The molecule has 0 saturated carbocycles. The summed E-state index contributed by atoms with van der Waals surface area (Å²) in [7, 11) is -0.406. The van der Waals surface area contributed by atoms with Gasteiger partial charge in [0.25, 0.3) is 5.91 Å². The van der Waals surface area contributed by atoms with Gasteiger partial charge in [0.05, 0.1) is 10.5 Å². The number of fused-ring (bicyclic) bond motifs is 1. The Morgan fingerprint density at radius 3 is 2.53 bits per heavy atom. The normalized spacial score (nSPS) is 15.3. The zero-order valence-electron chi connectivity index (χ0n) is 21.5. The number of anilines is 2. The molecule has 38 heavy (non-hydrogen) atoms. The summed E-state index contributed by atoms with van der Waals surface area (Å²) in [4.78, 5) is 14.5. The lowest BCUT2D eigenvalue weighted by Crippen LogP contribution is -2.45. The summed E-state index contributed by atoms with van der Waals surface area (Å²) in [6.45, 7) is 4.63. The molecule has 204 valence electrons. The van der Waals surface area contributed by atoms with Crippen LogP contribution in [0.2, 0.25) is 0 Å². The lowest BCUT2D eigenvalue weighted by molar-refractivity contribution is 0.102. The number of aromatic nitrogens is 2. The van der Waals surface area contributed by atoms with Crippen molar-refractivity contribution in [3.63, 3.8) is 0 Å². The number of carbonyl (C=O) groups excluding carboxylic acids is 1. The lowest BCUT2D eigenvalue weighted by atomic mass is 9.84. The van der Waals surface area contributed by atoms with Crippen molar-refractivity contribution < 1.29 is 26.7 Å². The van der Waals surface area contributed by atoms with Crippen molar-refractivity contribution in [3.05, 3.63) is 64.9 Å². The molecular weight excluding hydrogens is 518 g/mol. The van der Waals surface area contributed by atoms with E-state index in [2.05, 4.69) is 15.5 Å². The molecule has 1 aliphatic heterocycles. The zero-order chi connectivity index (χ0) is 27.8. The number of likely N-dealkylation sites (N-methyl/N-ethyl adjacent to an activating group) is 1. The van der Waals surface area contributed by atoms with E-state index in [0.29, 0.717) is 36.2 Å². The average molecular weight is 549 g/mol. The van der Waals surface area contributed by atoms with E-state index >= 15 is 0 Å². The van der Waals surface area contributed by atoms with Crippen LogP contribution in [-0.4, -0.2) is 67.5 Å². The van der Waals surface area contributed by atoms with Crippen LogP contribution in [0.3, 0.4) is 0 Å². The number of aromatic amines is 1. The first-order valence-corrected chi connectivity index (χ1v) is 13.2. The number of ether oxygens (including phenoxy) is 1. The van der Waals surface area contributed by atoms with Gasteiger partial charge in [0.15, 0.2) is 5.82 Å². The third-order valence-corrected chi connectivity index (χ3v) is 8.00. The van der Waals surface area contributed by atoms with Crippen LogP contribution in [0.15, 0.2) is 41.3 Å². The molecule has 0 aliphatic carbocycles. The molecule has 2 aromatic carbocycles. The largest absolute Gasteiger partial charge is 0.492 e. The van der Waals surface area contributed by atoms with E-state index in [1.807, 2.05) is 19.0 Å². The van der Waals surface area contributed by atoms with Crippen LogP contribution >= 0.6 is 0 Å². The number of nitrogen functional groups attached to an aromatic ring is 1. The Morgan fingerprint density at radius 2 is 1.89 bits per heavy atom. The van der Waals surface area contributed by atoms with E-state index in [9.17, 15) is 22.0 Å². The fourth-order valence-electron chi connectivity index (χ4n) is 4.29. The van der Waals surface area contributed by atoms with Crippen LogP contribution in [0.1, 0.15) is 35.5 Å². The highest BCUT2D eigenvalue weighted by Gasteiger charge is 2.41. The van der Waals surface area contributed by atoms with Gasteiger partial charge in [-0.15, -0.1) is 0 Å². The minimum absolute atomic E-state index is 0.0261. The Kier molecular flexibility index (Phi) is 7.46. The first-order chi connectivity index (χ1) is 17.8. The smallest absolute Gasteiger partial charge is 0.258 e. The van der Waals surface area contributed by atoms with Crippen molar-refractivity contribution in [2.24, 2.45) is 0 Å². The average Bonchev–Trinajstić information content (AvgIpc) is 3.21. The van der Waals surface area contributed by atoms with Crippen LogP contribution < -0.4 is 15.8 Å². The molecule has 0 saturated heterocycles. The molecule has 0 radical (unpaired) electrons. The van der Waals surface area contributed by atoms with E-state index < -0.39 is 37.9 Å². The molecule has 3 aromatic rings. The molecule has 0 spiro atoms. The number of nitrogens with zero attached hydrogens (tertiary/aromatic N) is 3. The van der Waals surface area contributed by atoms with Crippen molar-refractivity contribution >= 4 is 27.4 Å². The summed E-state index contributed by atoms with van der Waals surface area (Å²) in [6.07, 6.45) is 0. The van der Waals surface area contributed by atoms with Gasteiger partial charge in [0.2, 0.25) is 10.0 Å². The number of amides is 1. The number of carbonyl (C=O) groups is 1. The first-order valence-electron chi connectivity index (χ1n) is 11.8. The summed E-state index contributed by atoms with van der Waals surface area (Å²) in [5, 5.41) is 9.81. The molecule has 1 aromatic heterocycles. The maximum absolute atomic E-state index is 13.8. The van der Waals surface area contributed by atoms with Gasteiger partial charge in [0.1, 0.15) is 24.0 Å². The standard InChI is InChI=1S/C25H30F2N6O4S/c1-25(2)14-33(38(35,36)18-10-15(26)9-16(27)11-18)13-20-22(25)30-31-23(20)29-24(34)19-6-5-17(12-21(19)28)37-8-7-32(3)4/h5-6,9-12H,7-8,13-14,28H2,1-4H3,(H2,29,30,31,34). The fourth-order valence-corrected chi connectivity index (χ4v) is 5.90. The highest BCUT2D eigenvalue weighted by atomic mass is 32.2. The number of halogens is 2. The predicted molar refractivity (Wildman–Crippen MR) is 138 cm³/mol. The second-order valence-corrected chi connectivity index (χ2v) is 12.0. The highest BCUT2D eigenvalue weighted by Crippen LogP contribution is 2.38. The monoisotopic (exact) mass is 548 g/mol. The van der Waals surface area contributed by atoms with Gasteiger partial charge in [0, 0.05) is 54.1 Å². The van der Waals surface area contributed by atoms with Crippen molar-refractivity contribution in [1.29, 1.82) is 0 Å². The predicted octanol–water partition coefficient (Wildman–Crippen LogP) is 2.94. The van der Waals surface area contributed by atoms with Crippen LogP contribution in [0.25, 0.3) is 0 Å². The first kappa shape index (κ1) is 27.5. The molecule has 4 rings (SSSR count). The van der Waals surface area contributed by atoms with Crippen molar-refractivity contribution in [2.45, 2.75) is 30.7 Å². The summed E-state index contributed by atoms with van der Waals surface area (Å²) >= 11 is 0. The van der Waals surface area contributed by atoms with Crippen LogP contribution in [0, 0.1) is 11.6 Å². The third-order valence-electron chi connectivity index (χ3n) is 6.23. The van der Waals surface area contributed by atoms with Crippen LogP contribution in [-0.2, 0) is 22.0 Å². The Labute approximate surface area is 219 Å². The molecule has 1 amide bonds. The number of rotatable bonds is 8. The Hall–Kier alpha value is -3.55. The second-order valence-electron chi connectivity index (χ2n) is 10.0. The van der Waals surface area contributed by atoms with Crippen molar-refractivity contribution in [1.82, 2.24) is 19.4 Å². The van der Waals surface area contributed by atoms with Gasteiger partial charge in [-0.3, -0.25) is 9.89 Å². The van der Waals surface area contributed by atoms with Gasteiger partial charge in [-0.05, 0) is 38.4 Å². The van der Waals surface area contributed by atoms with Gasteiger partial charge in [-0.2, -0.15) is 9.40 Å². The van der Waals surface area contributed by atoms with E-state index in [-0.39, 0.29) is 30.2 Å². The molecule has 13 heteroatoms. The van der Waals surface area contributed by atoms with Gasteiger partial charge < -0.3 is 20.7 Å². The minimum Gasteiger partial charge on any atom is -0.492 e. The van der Waals surface area contributed by atoms with E-state index in [1.54, 1.807) is 26.0 Å². The van der Waals surface area contributed by atoms with Gasteiger partial charge in [-0.25, -0.2) is 17.2 Å². The Balaban J connectivity index is 1.57. The number of hydrogen-bond donors (Lipinski definition) is 3. The molecule has 0 fully saturated rings. The third kappa shape index (κ3) is 5.64. The Morgan fingerprint density at radius 1 is 1.21 bits per heavy atom. The zero-order valence-corrected chi connectivity index (χ0v) is 22.3. The Bertz CT molecular complexity index is 1450.